The minimum Gasteiger partial charge on any atom is -0.374 e. The summed E-state index contributed by atoms with van der Waals surface area (Å²) in [5, 5.41) is 0. The first kappa shape index (κ1) is 34.2. The number of hydrogen-bond donors (Lipinski definition) is 0. The van der Waals surface area contributed by atoms with Gasteiger partial charge in [0.25, 0.3) is 0 Å². The lowest BCUT2D eigenvalue weighted by Crippen LogP contribution is -2.61. The van der Waals surface area contributed by atoms with Gasteiger partial charge in [-0.3, -0.25) is 0 Å². The highest BCUT2D eigenvalue weighted by atomic mass is 28.3. The highest BCUT2D eigenvalue weighted by Gasteiger charge is 2.49. The van der Waals surface area contributed by atoms with E-state index in [1.54, 1.807) is 0 Å². The Kier molecular flexibility index (Phi) is 13.1. The van der Waals surface area contributed by atoms with Crippen LogP contribution in [0.1, 0.15) is 22.3 Å². The van der Waals surface area contributed by atoms with Gasteiger partial charge in [-0.25, -0.2) is 0 Å². The summed E-state index contributed by atoms with van der Waals surface area (Å²) in [6, 6.07) is 41.8. The fourth-order valence-corrected chi connectivity index (χ4v) is 6.09. The van der Waals surface area contributed by atoms with Crippen molar-refractivity contribution in [1.29, 1.82) is 0 Å². The van der Waals surface area contributed by atoms with Gasteiger partial charge in [0.1, 0.15) is 24.4 Å². The second-order valence-electron chi connectivity index (χ2n) is 13.0. The summed E-state index contributed by atoms with van der Waals surface area (Å²) in [6.45, 7) is 9.62. The average Bonchev–Trinajstić information content (AvgIpc) is 3.07. The molecule has 1 aliphatic heterocycles. The molecule has 0 saturated carbocycles. The van der Waals surface area contributed by atoms with Crippen molar-refractivity contribution >= 4 is 8.07 Å². The molecule has 0 radical (unpaired) electrons. The Morgan fingerprint density at radius 3 is 1.37 bits per heavy atom. The van der Waals surface area contributed by atoms with Crippen LogP contribution in [-0.4, -0.2) is 52.0 Å². The smallest absolute Gasteiger partial charge is 0.186 e. The van der Waals surface area contributed by atoms with Gasteiger partial charge in [-0.05, 0) is 28.3 Å². The molecule has 5 atom stereocenters. The summed E-state index contributed by atoms with van der Waals surface area (Å²) in [5.41, 5.74) is 4.32. The van der Waals surface area contributed by atoms with E-state index in [1.807, 2.05) is 72.8 Å². The standard InChI is InChI=1S/C39H48O6Si/c1-46(2,3)25-24-41-39-38(44-29-34-22-14-7-15-23-34)37(43-28-33-20-12-6-13-21-33)36(42-27-32-18-10-5-11-19-32)35(45-39)30-40-26-31-16-8-4-9-17-31/h4-23,35-39H,24-30H2,1-3H3/t35-,36-,37+,38+,39+/m1/s1. The number of rotatable bonds is 17. The Morgan fingerprint density at radius 2 is 0.913 bits per heavy atom. The third kappa shape index (κ3) is 11.0. The van der Waals surface area contributed by atoms with Gasteiger partial charge in [-0.2, -0.15) is 0 Å². The number of benzene rings is 4. The van der Waals surface area contributed by atoms with Gasteiger partial charge >= 0.3 is 0 Å². The molecule has 4 aromatic carbocycles. The van der Waals surface area contributed by atoms with E-state index in [1.165, 1.54) is 0 Å². The summed E-state index contributed by atoms with van der Waals surface area (Å²) in [4.78, 5) is 0. The molecule has 5 rings (SSSR count). The van der Waals surface area contributed by atoms with E-state index in [9.17, 15) is 0 Å². The molecular formula is C39H48O6Si. The van der Waals surface area contributed by atoms with E-state index in [0.29, 0.717) is 39.6 Å². The molecule has 244 valence electrons. The predicted molar refractivity (Wildman–Crippen MR) is 184 cm³/mol. The maximum absolute atomic E-state index is 6.79. The zero-order valence-corrected chi connectivity index (χ0v) is 28.3. The SMILES string of the molecule is C[Si](C)(C)CCO[C@H]1O[C@H](COCc2ccccc2)[C@@H](OCc2ccccc2)[C@H](OCc2ccccc2)[C@@H]1OCc1ccccc1. The molecule has 6 nitrogen and oxygen atoms in total. The van der Waals surface area contributed by atoms with Crippen molar-refractivity contribution in [3.8, 4) is 0 Å². The minimum atomic E-state index is -1.35. The summed E-state index contributed by atoms with van der Waals surface area (Å²) >= 11 is 0. The van der Waals surface area contributed by atoms with Gasteiger partial charge in [0, 0.05) is 14.7 Å². The van der Waals surface area contributed by atoms with Crippen molar-refractivity contribution in [2.45, 2.75) is 82.8 Å². The van der Waals surface area contributed by atoms with Gasteiger partial charge < -0.3 is 28.4 Å². The molecule has 0 amide bonds. The molecule has 7 heteroatoms. The first-order chi connectivity index (χ1) is 22.4. The van der Waals surface area contributed by atoms with Crippen LogP contribution in [0.25, 0.3) is 0 Å². The van der Waals surface area contributed by atoms with Crippen LogP contribution in [-0.2, 0) is 54.8 Å². The van der Waals surface area contributed by atoms with E-state index >= 15 is 0 Å². The van der Waals surface area contributed by atoms with Crippen molar-refractivity contribution in [3.05, 3.63) is 144 Å². The monoisotopic (exact) mass is 640 g/mol. The highest BCUT2D eigenvalue weighted by Crippen LogP contribution is 2.32. The Labute approximate surface area is 275 Å². The lowest BCUT2D eigenvalue weighted by atomic mass is 9.97. The zero-order valence-electron chi connectivity index (χ0n) is 27.3. The maximum atomic E-state index is 6.79. The molecule has 0 bridgehead atoms. The molecule has 4 aromatic rings. The lowest BCUT2D eigenvalue weighted by molar-refractivity contribution is -0.327. The van der Waals surface area contributed by atoms with Crippen LogP contribution < -0.4 is 0 Å². The number of hydrogen-bond acceptors (Lipinski definition) is 6. The van der Waals surface area contributed by atoms with Gasteiger partial charge in [-0.15, -0.1) is 0 Å². The normalized spacial score (nSPS) is 21.7. The van der Waals surface area contributed by atoms with Crippen LogP contribution in [0.3, 0.4) is 0 Å². The van der Waals surface area contributed by atoms with Crippen molar-refractivity contribution in [1.82, 2.24) is 0 Å². The van der Waals surface area contributed by atoms with Crippen molar-refractivity contribution < 1.29 is 28.4 Å². The molecule has 46 heavy (non-hydrogen) atoms. The second-order valence-corrected chi connectivity index (χ2v) is 18.6. The summed E-state index contributed by atoms with van der Waals surface area (Å²) < 4.78 is 39.8. The van der Waals surface area contributed by atoms with Crippen LogP contribution in [0.2, 0.25) is 25.7 Å². The van der Waals surface area contributed by atoms with E-state index in [4.69, 9.17) is 28.4 Å². The van der Waals surface area contributed by atoms with Gasteiger partial charge in [0.2, 0.25) is 0 Å². The van der Waals surface area contributed by atoms with Gasteiger partial charge in [-0.1, -0.05) is 141 Å². The quantitative estimate of drug-likeness (QED) is 0.109. The van der Waals surface area contributed by atoms with Crippen LogP contribution in [0.5, 0.6) is 0 Å². The Morgan fingerprint density at radius 1 is 0.500 bits per heavy atom. The van der Waals surface area contributed by atoms with Crippen LogP contribution in [0, 0.1) is 0 Å². The lowest BCUT2D eigenvalue weighted by Gasteiger charge is -2.46. The first-order valence-corrected chi connectivity index (χ1v) is 20.0. The molecule has 1 heterocycles. The molecule has 0 N–H and O–H groups in total. The topological polar surface area (TPSA) is 55.4 Å². The van der Waals surface area contributed by atoms with E-state index < -0.39 is 38.8 Å². The van der Waals surface area contributed by atoms with Crippen molar-refractivity contribution in [2.24, 2.45) is 0 Å². The Bertz CT molecular complexity index is 1380. The Hall–Kier alpha value is -3.14. The maximum Gasteiger partial charge on any atom is 0.186 e. The van der Waals surface area contributed by atoms with Crippen LogP contribution in [0.4, 0.5) is 0 Å². The fraction of sp³-hybridized carbons (Fsp3) is 0.385. The summed E-state index contributed by atoms with van der Waals surface area (Å²) in [7, 11) is -1.35. The fourth-order valence-electron chi connectivity index (χ4n) is 5.36. The van der Waals surface area contributed by atoms with E-state index in [0.717, 1.165) is 28.3 Å². The van der Waals surface area contributed by atoms with Crippen LogP contribution in [0.15, 0.2) is 121 Å². The van der Waals surface area contributed by atoms with Crippen molar-refractivity contribution in [2.75, 3.05) is 13.2 Å². The summed E-state index contributed by atoms with van der Waals surface area (Å²) in [6.07, 6.45) is -2.58. The third-order valence-electron chi connectivity index (χ3n) is 7.97. The largest absolute Gasteiger partial charge is 0.374 e. The van der Waals surface area contributed by atoms with Crippen molar-refractivity contribution in [3.63, 3.8) is 0 Å². The molecule has 0 aromatic heterocycles. The second kappa shape index (κ2) is 17.7. The molecule has 1 aliphatic rings. The van der Waals surface area contributed by atoms with Gasteiger partial charge in [0.15, 0.2) is 6.29 Å². The highest BCUT2D eigenvalue weighted by molar-refractivity contribution is 6.76. The van der Waals surface area contributed by atoms with Gasteiger partial charge in [0.05, 0.1) is 33.0 Å². The molecule has 0 unspecified atom stereocenters. The van der Waals surface area contributed by atoms with E-state index in [2.05, 4.69) is 68.2 Å². The molecule has 1 saturated heterocycles. The van der Waals surface area contributed by atoms with E-state index in [-0.39, 0.29) is 0 Å². The molecule has 1 fully saturated rings. The molecule has 0 aliphatic carbocycles. The van der Waals surface area contributed by atoms with Crippen LogP contribution >= 0.6 is 0 Å². The Balaban J connectivity index is 1.43. The summed E-state index contributed by atoms with van der Waals surface area (Å²) in [5.74, 6) is 0. The minimum absolute atomic E-state index is 0.318. The first-order valence-electron chi connectivity index (χ1n) is 16.3. The number of ether oxygens (including phenoxy) is 6. The molecular weight excluding hydrogens is 593 g/mol. The molecule has 0 spiro atoms. The average molecular weight is 641 g/mol. The third-order valence-corrected chi connectivity index (χ3v) is 9.68. The zero-order chi connectivity index (χ0) is 32.0. The predicted octanol–water partition coefficient (Wildman–Crippen LogP) is 8.04.